The molecule has 0 spiro atoms. The number of anilines is 1. The first-order valence-corrected chi connectivity index (χ1v) is 15.0. The highest BCUT2D eigenvalue weighted by Crippen LogP contribution is 2.31. The van der Waals surface area contributed by atoms with Crippen LogP contribution in [0.5, 0.6) is 5.75 Å². The lowest BCUT2D eigenvalue weighted by atomic mass is 9.87. The number of para-hydroxylation sites is 1. The fraction of sp³-hybridized carbons (Fsp3) is 0.545. The number of hydrogen-bond donors (Lipinski definition) is 2. The minimum absolute atomic E-state index is 0.0155. The molecule has 4 rings (SSSR count). The van der Waals surface area contributed by atoms with Gasteiger partial charge in [-0.15, -0.1) is 0 Å². The molecule has 1 amide bonds. The van der Waals surface area contributed by atoms with Crippen molar-refractivity contribution in [3.63, 3.8) is 0 Å². The van der Waals surface area contributed by atoms with Crippen molar-refractivity contribution in [2.24, 2.45) is 5.92 Å². The number of phenols is 1. The number of benzene rings is 2. The summed E-state index contributed by atoms with van der Waals surface area (Å²) in [5.41, 5.74) is 3.02. The Labute approximate surface area is 235 Å². The van der Waals surface area contributed by atoms with Crippen molar-refractivity contribution in [2.45, 2.75) is 84.2 Å². The molecule has 1 aliphatic heterocycles. The summed E-state index contributed by atoms with van der Waals surface area (Å²) < 4.78 is 6.52. The molecule has 1 unspecified atom stereocenters. The number of carbonyl (C=O) groups is 1. The normalized spacial score (nSPS) is 20.9. The fourth-order valence-electron chi connectivity index (χ4n) is 6.05. The first kappa shape index (κ1) is 29.0. The molecule has 0 radical (unpaired) electrons. The van der Waals surface area contributed by atoms with Crippen LogP contribution in [0.3, 0.4) is 0 Å². The van der Waals surface area contributed by atoms with Crippen molar-refractivity contribution in [3.8, 4) is 5.75 Å². The molecule has 1 heterocycles. The summed E-state index contributed by atoms with van der Waals surface area (Å²) in [6, 6.07) is 17.5. The Morgan fingerprint density at radius 3 is 2.56 bits per heavy atom. The largest absolute Gasteiger partial charge is 0.508 e. The maximum atomic E-state index is 14.2. The second-order valence-electron chi connectivity index (χ2n) is 11.1. The van der Waals surface area contributed by atoms with Crippen molar-refractivity contribution in [3.05, 3.63) is 71.6 Å². The Kier molecular flexibility index (Phi) is 11.1. The van der Waals surface area contributed by atoms with Gasteiger partial charge in [0.1, 0.15) is 5.75 Å². The molecule has 1 aliphatic carbocycles. The van der Waals surface area contributed by atoms with Crippen LogP contribution in [0.15, 0.2) is 66.1 Å². The van der Waals surface area contributed by atoms with Crippen molar-refractivity contribution < 1.29 is 14.6 Å². The van der Waals surface area contributed by atoms with Crippen molar-refractivity contribution >= 4 is 11.6 Å². The topological polar surface area (TPSA) is 65.0 Å². The Bertz CT molecular complexity index is 1060. The maximum Gasteiger partial charge on any atom is 0.295 e. The summed E-state index contributed by atoms with van der Waals surface area (Å²) in [7, 11) is 0. The molecule has 6 nitrogen and oxygen atoms in total. The molecule has 1 atom stereocenters. The summed E-state index contributed by atoms with van der Waals surface area (Å²) in [6.45, 7) is 7.96. The molecule has 2 aromatic rings. The summed E-state index contributed by atoms with van der Waals surface area (Å²) in [5.74, 6) is 1.52. The van der Waals surface area contributed by atoms with E-state index in [-0.39, 0.29) is 17.7 Å². The number of nitrogens with one attached hydrogen (secondary N) is 1. The zero-order valence-corrected chi connectivity index (χ0v) is 23.9. The molecule has 39 heavy (non-hydrogen) atoms. The van der Waals surface area contributed by atoms with Crippen LogP contribution >= 0.6 is 0 Å². The number of likely N-dealkylation sites (N-methyl/N-ethyl adjacent to an activating group) is 1. The van der Waals surface area contributed by atoms with Crippen LogP contribution < -0.4 is 10.2 Å². The number of allylic oxidation sites excluding steroid dienone is 1. The standard InChI is InChI=1S/C33H47N3O3/c1-3-35(22-21-34-25-28-15-11-18-30(37)24-28)31-19-10-12-26(2)36(29-16-8-5-9-17-29)33(38)32(31)39-23-20-27-13-6-4-7-14-27/h5,8-9,11,15-18,24,26-27,34,37H,3-4,6-7,10,12-14,19-23,25H2,1-2H3/b32-31-. The number of nitrogens with zero attached hydrogens (tertiary/aromatic N) is 2. The van der Waals surface area contributed by atoms with Crippen LogP contribution in [-0.4, -0.2) is 48.2 Å². The summed E-state index contributed by atoms with van der Waals surface area (Å²) in [6.07, 6.45) is 10.4. The van der Waals surface area contributed by atoms with Gasteiger partial charge in [-0.3, -0.25) is 4.79 Å². The molecule has 6 heteroatoms. The van der Waals surface area contributed by atoms with Gasteiger partial charge >= 0.3 is 0 Å². The van der Waals surface area contributed by atoms with Gasteiger partial charge < -0.3 is 25.0 Å². The van der Waals surface area contributed by atoms with E-state index < -0.39 is 0 Å². The van der Waals surface area contributed by atoms with E-state index in [0.717, 1.165) is 62.3 Å². The van der Waals surface area contributed by atoms with E-state index in [4.69, 9.17) is 4.74 Å². The number of ether oxygens (including phenoxy) is 1. The Morgan fingerprint density at radius 2 is 1.82 bits per heavy atom. The second kappa shape index (κ2) is 15.0. The van der Waals surface area contributed by atoms with E-state index in [1.807, 2.05) is 47.4 Å². The van der Waals surface area contributed by atoms with Gasteiger partial charge in [0.05, 0.1) is 12.3 Å². The Balaban J connectivity index is 1.52. The van der Waals surface area contributed by atoms with Gasteiger partial charge in [-0.2, -0.15) is 0 Å². The Morgan fingerprint density at radius 1 is 1.03 bits per heavy atom. The third-order valence-electron chi connectivity index (χ3n) is 8.24. The van der Waals surface area contributed by atoms with Gasteiger partial charge in [0.15, 0.2) is 0 Å². The average molecular weight is 534 g/mol. The van der Waals surface area contributed by atoms with Gasteiger partial charge in [-0.25, -0.2) is 0 Å². The summed E-state index contributed by atoms with van der Waals surface area (Å²) in [4.78, 5) is 18.5. The highest BCUT2D eigenvalue weighted by atomic mass is 16.5. The van der Waals surface area contributed by atoms with E-state index in [9.17, 15) is 9.90 Å². The van der Waals surface area contributed by atoms with Gasteiger partial charge in [0, 0.05) is 37.9 Å². The molecule has 2 aromatic carbocycles. The number of amides is 1. The van der Waals surface area contributed by atoms with E-state index in [0.29, 0.717) is 24.8 Å². The minimum Gasteiger partial charge on any atom is -0.508 e. The van der Waals surface area contributed by atoms with Crippen LogP contribution in [0.25, 0.3) is 0 Å². The van der Waals surface area contributed by atoms with Gasteiger partial charge in [0.2, 0.25) is 5.76 Å². The fourth-order valence-corrected chi connectivity index (χ4v) is 6.05. The number of phenolic OH excluding ortho intramolecular Hbond substituents is 1. The average Bonchev–Trinajstić information content (AvgIpc) is 2.95. The zero-order valence-electron chi connectivity index (χ0n) is 23.9. The molecule has 1 saturated carbocycles. The second-order valence-corrected chi connectivity index (χ2v) is 11.1. The molecule has 2 N–H and O–H groups in total. The highest BCUT2D eigenvalue weighted by molar-refractivity contribution is 6.05. The lowest BCUT2D eigenvalue weighted by Gasteiger charge is -2.36. The lowest BCUT2D eigenvalue weighted by Crippen LogP contribution is -2.43. The molecule has 0 bridgehead atoms. The third kappa shape index (κ3) is 8.25. The first-order valence-electron chi connectivity index (χ1n) is 15.0. The molecule has 2 aliphatic rings. The van der Waals surface area contributed by atoms with Crippen molar-refractivity contribution in [2.75, 3.05) is 31.1 Å². The van der Waals surface area contributed by atoms with Crippen LogP contribution in [0.4, 0.5) is 5.69 Å². The third-order valence-corrected chi connectivity index (χ3v) is 8.24. The quantitative estimate of drug-likeness (QED) is 0.301. The Hall–Kier alpha value is -2.99. The van der Waals surface area contributed by atoms with E-state index in [2.05, 4.69) is 24.1 Å². The summed E-state index contributed by atoms with van der Waals surface area (Å²) in [5, 5.41) is 13.3. The number of carbonyl (C=O) groups excluding carboxylic acids is 1. The van der Waals surface area contributed by atoms with E-state index in [1.54, 1.807) is 12.1 Å². The van der Waals surface area contributed by atoms with Gasteiger partial charge in [-0.1, -0.05) is 62.4 Å². The van der Waals surface area contributed by atoms with Crippen molar-refractivity contribution in [1.82, 2.24) is 10.2 Å². The molecule has 1 fully saturated rings. The number of aromatic hydroxyl groups is 1. The first-order chi connectivity index (χ1) is 19.1. The summed E-state index contributed by atoms with van der Waals surface area (Å²) >= 11 is 0. The maximum absolute atomic E-state index is 14.2. The number of hydrogen-bond acceptors (Lipinski definition) is 5. The lowest BCUT2D eigenvalue weighted by molar-refractivity contribution is -0.119. The SMILES string of the molecule is CCN(CCNCc1cccc(O)c1)/C1=C(\OCCC2CCCCC2)C(=O)N(c2ccccc2)C(C)CCC1. The molecule has 0 aromatic heterocycles. The van der Waals surface area contributed by atoms with Gasteiger partial charge in [0.25, 0.3) is 5.91 Å². The molecular formula is C33H47N3O3. The molecule has 0 saturated heterocycles. The monoisotopic (exact) mass is 533 g/mol. The van der Waals surface area contributed by atoms with Crippen LogP contribution in [0.1, 0.15) is 77.2 Å². The van der Waals surface area contributed by atoms with Crippen molar-refractivity contribution in [1.29, 1.82) is 0 Å². The van der Waals surface area contributed by atoms with E-state index >= 15 is 0 Å². The van der Waals surface area contributed by atoms with E-state index in [1.165, 1.54) is 32.1 Å². The van der Waals surface area contributed by atoms with Gasteiger partial charge in [-0.05, 0) is 75.3 Å². The van der Waals surface area contributed by atoms with Crippen LogP contribution in [-0.2, 0) is 16.1 Å². The molecule has 212 valence electrons. The van der Waals surface area contributed by atoms with Crippen LogP contribution in [0.2, 0.25) is 0 Å². The number of rotatable bonds is 12. The predicted octanol–water partition coefficient (Wildman–Crippen LogP) is 6.61. The highest BCUT2D eigenvalue weighted by Gasteiger charge is 2.32. The predicted molar refractivity (Wildman–Crippen MR) is 158 cm³/mol. The smallest absolute Gasteiger partial charge is 0.295 e. The minimum atomic E-state index is -0.0155. The molecular weight excluding hydrogens is 486 g/mol. The van der Waals surface area contributed by atoms with Crippen LogP contribution in [0, 0.1) is 5.92 Å². The zero-order chi connectivity index (χ0) is 27.5.